The van der Waals surface area contributed by atoms with E-state index in [4.69, 9.17) is 16.3 Å². The van der Waals surface area contributed by atoms with E-state index in [0.717, 1.165) is 11.1 Å². The van der Waals surface area contributed by atoms with Gasteiger partial charge in [0.25, 0.3) is 5.56 Å². The van der Waals surface area contributed by atoms with Crippen molar-refractivity contribution in [2.75, 3.05) is 19.7 Å². The maximum absolute atomic E-state index is 12.8. The van der Waals surface area contributed by atoms with Crippen molar-refractivity contribution in [3.63, 3.8) is 0 Å². The van der Waals surface area contributed by atoms with Crippen LogP contribution in [0.15, 0.2) is 71.5 Å². The molecule has 2 aromatic carbocycles. The van der Waals surface area contributed by atoms with Gasteiger partial charge in [-0.3, -0.25) is 9.59 Å². The molecule has 1 aliphatic heterocycles. The number of rotatable bonds is 4. The van der Waals surface area contributed by atoms with E-state index in [9.17, 15) is 9.59 Å². The Morgan fingerprint density at radius 1 is 1.07 bits per heavy atom. The van der Waals surface area contributed by atoms with E-state index in [-0.39, 0.29) is 24.1 Å². The van der Waals surface area contributed by atoms with Crippen molar-refractivity contribution in [2.24, 2.45) is 0 Å². The minimum absolute atomic E-state index is 0.109. The number of morpholine rings is 1. The molecule has 148 valence electrons. The van der Waals surface area contributed by atoms with Crippen molar-refractivity contribution >= 4 is 17.5 Å². The van der Waals surface area contributed by atoms with Crippen LogP contribution in [-0.2, 0) is 16.1 Å². The van der Waals surface area contributed by atoms with Crippen molar-refractivity contribution in [2.45, 2.75) is 12.6 Å². The molecule has 7 heteroatoms. The van der Waals surface area contributed by atoms with Crippen LogP contribution in [-0.4, -0.2) is 40.3 Å². The fraction of sp³-hybridized carbons (Fsp3) is 0.227. The second-order valence-electron chi connectivity index (χ2n) is 6.83. The van der Waals surface area contributed by atoms with Gasteiger partial charge in [-0.05, 0) is 23.8 Å². The molecule has 1 atom stereocenters. The average molecular weight is 410 g/mol. The predicted octanol–water partition coefficient (Wildman–Crippen LogP) is 3.16. The van der Waals surface area contributed by atoms with E-state index < -0.39 is 0 Å². The fourth-order valence-electron chi connectivity index (χ4n) is 3.31. The Balaban J connectivity index is 1.50. The van der Waals surface area contributed by atoms with Gasteiger partial charge in [0.05, 0.1) is 18.8 Å². The van der Waals surface area contributed by atoms with Crippen molar-refractivity contribution in [1.82, 2.24) is 14.7 Å². The first-order chi connectivity index (χ1) is 14.1. The lowest BCUT2D eigenvalue weighted by Gasteiger charge is -2.33. The number of halogens is 1. The molecule has 1 amide bonds. The third kappa shape index (κ3) is 4.55. The van der Waals surface area contributed by atoms with Crippen molar-refractivity contribution < 1.29 is 9.53 Å². The van der Waals surface area contributed by atoms with Gasteiger partial charge >= 0.3 is 0 Å². The summed E-state index contributed by atoms with van der Waals surface area (Å²) in [6.07, 6.45) is -0.168. The summed E-state index contributed by atoms with van der Waals surface area (Å²) < 4.78 is 7.02. The zero-order valence-electron chi connectivity index (χ0n) is 15.7. The highest BCUT2D eigenvalue weighted by atomic mass is 35.5. The van der Waals surface area contributed by atoms with Gasteiger partial charge in [0.2, 0.25) is 5.91 Å². The molecule has 0 radical (unpaired) electrons. The van der Waals surface area contributed by atoms with Gasteiger partial charge in [0.15, 0.2) is 0 Å². The number of carbonyl (C=O) groups excluding carboxylic acids is 1. The number of aromatic nitrogens is 2. The number of ether oxygens (including phenoxy) is 1. The topological polar surface area (TPSA) is 64.4 Å². The summed E-state index contributed by atoms with van der Waals surface area (Å²) in [5.74, 6) is -0.155. The standard InChI is InChI=1S/C22H20ClN3O3/c23-18-8-6-16(7-9-18)19-10-11-21(27)26(24-19)15-22(28)25-12-13-29-20(14-25)17-4-2-1-3-5-17/h1-11,20H,12-15H2/t20-/m0/s1. The Kier molecular flexibility index (Phi) is 5.74. The van der Waals surface area contributed by atoms with Crippen LogP contribution in [0.2, 0.25) is 5.02 Å². The van der Waals surface area contributed by atoms with Crippen molar-refractivity contribution in [3.8, 4) is 11.3 Å². The second kappa shape index (κ2) is 8.59. The summed E-state index contributed by atoms with van der Waals surface area (Å²) in [5.41, 5.74) is 2.15. The summed E-state index contributed by atoms with van der Waals surface area (Å²) in [6, 6.07) is 20.1. The Morgan fingerprint density at radius 2 is 1.83 bits per heavy atom. The highest BCUT2D eigenvalue weighted by Crippen LogP contribution is 2.22. The number of amides is 1. The van der Waals surface area contributed by atoms with E-state index in [1.165, 1.54) is 10.7 Å². The maximum atomic E-state index is 12.8. The predicted molar refractivity (Wildman–Crippen MR) is 111 cm³/mol. The SMILES string of the molecule is O=C(Cn1nc(-c2ccc(Cl)cc2)ccc1=O)N1CCO[C@H](c2ccccc2)C1. The van der Waals surface area contributed by atoms with Crippen LogP contribution < -0.4 is 5.56 Å². The van der Waals surface area contributed by atoms with Crippen LogP contribution >= 0.6 is 11.6 Å². The van der Waals surface area contributed by atoms with E-state index in [1.54, 1.807) is 23.1 Å². The average Bonchev–Trinajstić information content (AvgIpc) is 2.76. The van der Waals surface area contributed by atoms with E-state index in [1.807, 2.05) is 42.5 Å². The number of carbonyl (C=O) groups is 1. The molecule has 1 aliphatic rings. The third-order valence-corrected chi connectivity index (χ3v) is 5.13. The second-order valence-corrected chi connectivity index (χ2v) is 7.27. The highest BCUT2D eigenvalue weighted by molar-refractivity contribution is 6.30. The van der Waals surface area contributed by atoms with Crippen LogP contribution in [0.1, 0.15) is 11.7 Å². The van der Waals surface area contributed by atoms with Crippen LogP contribution in [0.25, 0.3) is 11.3 Å². The Labute approximate surface area is 173 Å². The van der Waals surface area contributed by atoms with Crippen molar-refractivity contribution in [3.05, 3.63) is 87.7 Å². The van der Waals surface area contributed by atoms with Gasteiger partial charge in [0.1, 0.15) is 12.6 Å². The smallest absolute Gasteiger partial charge is 0.267 e. The minimum Gasteiger partial charge on any atom is -0.370 e. The first-order valence-corrected chi connectivity index (χ1v) is 9.76. The summed E-state index contributed by atoms with van der Waals surface area (Å²) >= 11 is 5.93. The van der Waals surface area contributed by atoms with Gasteiger partial charge in [-0.25, -0.2) is 4.68 Å². The molecule has 0 spiro atoms. The normalized spacial score (nSPS) is 16.6. The fourth-order valence-corrected chi connectivity index (χ4v) is 3.44. The van der Waals surface area contributed by atoms with Crippen LogP contribution in [0.4, 0.5) is 0 Å². The zero-order valence-corrected chi connectivity index (χ0v) is 16.5. The molecule has 1 fully saturated rings. The molecule has 0 unspecified atom stereocenters. The van der Waals surface area contributed by atoms with Crippen LogP contribution in [0, 0.1) is 0 Å². The highest BCUT2D eigenvalue weighted by Gasteiger charge is 2.25. The number of nitrogens with zero attached hydrogens (tertiary/aromatic N) is 3. The molecule has 0 aliphatic carbocycles. The van der Waals surface area contributed by atoms with Gasteiger partial charge in [-0.2, -0.15) is 5.10 Å². The molecule has 0 N–H and O–H groups in total. The molecular weight excluding hydrogens is 390 g/mol. The van der Waals surface area contributed by atoms with Gasteiger partial charge in [-0.15, -0.1) is 0 Å². The zero-order chi connectivity index (χ0) is 20.2. The van der Waals surface area contributed by atoms with Gasteiger partial charge in [0, 0.05) is 23.2 Å². The molecule has 3 aromatic rings. The number of hydrogen-bond donors (Lipinski definition) is 0. The van der Waals surface area contributed by atoms with Crippen LogP contribution in [0.3, 0.4) is 0 Å². The lowest BCUT2D eigenvalue weighted by atomic mass is 10.1. The molecular formula is C22H20ClN3O3. The summed E-state index contributed by atoms with van der Waals surface area (Å²) in [5, 5.41) is 4.99. The van der Waals surface area contributed by atoms with Crippen LogP contribution in [0.5, 0.6) is 0 Å². The number of benzene rings is 2. The molecule has 2 heterocycles. The summed E-state index contributed by atoms with van der Waals surface area (Å²) in [7, 11) is 0. The van der Waals surface area contributed by atoms with E-state index >= 15 is 0 Å². The first-order valence-electron chi connectivity index (χ1n) is 9.38. The van der Waals surface area contributed by atoms with Crippen molar-refractivity contribution in [1.29, 1.82) is 0 Å². The summed E-state index contributed by atoms with van der Waals surface area (Å²) in [6.45, 7) is 1.29. The first kappa shape index (κ1) is 19.4. The Morgan fingerprint density at radius 3 is 2.59 bits per heavy atom. The molecule has 0 bridgehead atoms. The monoisotopic (exact) mass is 409 g/mol. The lowest BCUT2D eigenvalue weighted by Crippen LogP contribution is -2.44. The minimum atomic E-state index is -0.316. The molecule has 0 saturated carbocycles. The maximum Gasteiger partial charge on any atom is 0.267 e. The molecule has 29 heavy (non-hydrogen) atoms. The molecule has 6 nitrogen and oxygen atoms in total. The van der Waals surface area contributed by atoms with Gasteiger partial charge < -0.3 is 9.64 Å². The molecule has 1 saturated heterocycles. The Bertz CT molecular complexity index is 1050. The number of hydrogen-bond acceptors (Lipinski definition) is 4. The van der Waals surface area contributed by atoms with E-state index in [2.05, 4.69) is 5.10 Å². The lowest BCUT2D eigenvalue weighted by molar-refractivity contribution is -0.139. The quantitative estimate of drug-likeness (QED) is 0.664. The van der Waals surface area contributed by atoms with E-state index in [0.29, 0.717) is 30.4 Å². The molecule has 4 rings (SSSR count). The largest absolute Gasteiger partial charge is 0.370 e. The molecule has 1 aromatic heterocycles. The third-order valence-electron chi connectivity index (χ3n) is 4.88. The summed E-state index contributed by atoms with van der Waals surface area (Å²) in [4.78, 5) is 26.8. The van der Waals surface area contributed by atoms with Gasteiger partial charge in [-0.1, -0.05) is 54.1 Å². The Hall–Kier alpha value is -2.96.